The Morgan fingerprint density at radius 2 is 1.94 bits per heavy atom. The van der Waals surface area contributed by atoms with Gasteiger partial charge in [0.2, 0.25) is 0 Å². The van der Waals surface area contributed by atoms with Crippen molar-refractivity contribution in [3.63, 3.8) is 0 Å². The lowest BCUT2D eigenvalue weighted by molar-refractivity contribution is -0.138. The van der Waals surface area contributed by atoms with E-state index in [1.165, 1.54) is 24.4 Å². The molecule has 0 saturated heterocycles. The van der Waals surface area contributed by atoms with Gasteiger partial charge in [-0.05, 0) is 48.0 Å². The van der Waals surface area contributed by atoms with Gasteiger partial charge in [-0.25, -0.2) is 9.82 Å². The number of alkyl halides is 3. The Balaban J connectivity index is 1.57. The van der Waals surface area contributed by atoms with Gasteiger partial charge in [-0.15, -0.1) is 0 Å². The summed E-state index contributed by atoms with van der Waals surface area (Å²) in [6.07, 6.45) is -1.69. The highest BCUT2D eigenvalue weighted by Gasteiger charge is 2.33. The molecule has 0 spiro atoms. The van der Waals surface area contributed by atoms with E-state index in [1.807, 2.05) is 0 Å². The Kier molecular flexibility index (Phi) is 6.25. The zero-order valence-electron chi connectivity index (χ0n) is 17.8. The zero-order valence-corrected chi connectivity index (χ0v) is 17.8. The first kappa shape index (κ1) is 23.5. The van der Waals surface area contributed by atoms with Gasteiger partial charge < -0.3 is 9.67 Å². The van der Waals surface area contributed by atoms with E-state index in [9.17, 15) is 27.5 Å². The van der Waals surface area contributed by atoms with Gasteiger partial charge in [-0.1, -0.05) is 18.2 Å². The number of carbonyl (C=O) groups excluding carboxylic acids is 1. The quantitative estimate of drug-likeness (QED) is 0.234. The Bertz CT molecular complexity index is 1500. The number of fused-ring (bicyclic) bond motifs is 1. The molecule has 4 rings (SSSR count). The molecule has 0 fully saturated rings. The minimum atomic E-state index is -4.69. The molecule has 0 aliphatic carbocycles. The molecule has 10 heteroatoms. The first-order valence-electron chi connectivity index (χ1n) is 10.2. The maximum atomic E-state index is 13.4. The molecule has 35 heavy (non-hydrogen) atoms. The number of aromatic nitrogens is 1. The van der Waals surface area contributed by atoms with Crippen LogP contribution in [0.4, 0.5) is 17.6 Å². The number of nitrogens with zero attached hydrogens (tertiary/aromatic N) is 3. The van der Waals surface area contributed by atoms with Crippen molar-refractivity contribution in [2.75, 3.05) is 0 Å². The number of hydrogen-bond donors (Lipinski definition) is 2. The zero-order chi connectivity index (χ0) is 25.2. The average molecular weight is 480 g/mol. The lowest BCUT2D eigenvalue weighted by atomic mass is 10.1. The van der Waals surface area contributed by atoms with Gasteiger partial charge >= 0.3 is 6.18 Å². The van der Waals surface area contributed by atoms with Crippen molar-refractivity contribution in [2.24, 2.45) is 5.10 Å². The van der Waals surface area contributed by atoms with E-state index in [2.05, 4.69) is 10.5 Å². The number of benzene rings is 3. The molecule has 0 aliphatic heterocycles. The van der Waals surface area contributed by atoms with Crippen LogP contribution in [-0.2, 0) is 12.7 Å². The predicted molar refractivity (Wildman–Crippen MR) is 120 cm³/mol. The Labute approximate surface area is 196 Å². The second-order valence-corrected chi connectivity index (χ2v) is 7.57. The minimum Gasteiger partial charge on any atom is -0.507 e. The fourth-order valence-corrected chi connectivity index (χ4v) is 3.62. The number of halogens is 4. The molecule has 1 heterocycles. The van der Waals surface area contributed by atoms with E-state index < -0.39 is 23.5 Å². The van der Waals surface area contributed by atoms with Crippen molar-refractivity contribution in [1.29, 1.82) is 5.26 Å². The fourth-order valence-electron chi connectivity index (χ4n) is 3.62. The summed E-state index contributed by atoms with van der Waals surface area (Å²) in [6.45, 7) is -0.127. The molecule has 0 saturated carbocycles. The van der Waals surface area contributed by atoms with Gasteiger partial charge in [0, 0.05) is 34.8 Å². The first-order chi connectivity index (χ1) is 16.7. The van der Waals surface area contributed by atoms with Crippen molar-refractivity contribution in [1.82, 2.24) is 9.99 Å². The van der Waals surface area contributed by atoms with Gasteiger partial charge in [0.25, 0.3) is 5.91 Å². The molecule has 0 radical (unpaired) electrons. The molecule has 2 N–H and O–H groups in total. The number of amides is 1. The van der Waals surface area contributed by atoms with E-state index in [4.69, 9.17) is 5.26 Å². The van der Waals surface area contributed by atoms with E-state index in [0.29, 0.717) is 22.5 Å². The van der Waals surface area contributed by atoms with Crippen LogP contribution in [-0.4, -0.2) is 21.8 Å². The van der Waals surface area contributed by atoms with E-state index in [0.717, 1.165) is 12.1 Å². The van der Waals surface area contributed by atoms with Crippen molar-refractivity contribution < 1.29 is 27.5 Å². The normalized spacial score (nSPS) is 11.6. The Morgan fingerprint density at radius 1 is 1.14 bits per heavy atom. The van der Waals surface area contributed by atoms with Crippen LogP contribution in [0.5, 0.6) is 5.75 Å². The molecule has 6 nitrogen and oxygen atoms in total. The molecule has 1 aromatic heterocycles. The van der Waals surface area contributed by atoms with Gasteiger partial charge in [0.1, 0.15) is 17.6 Å². The second kappa shape index (κ2) is 9.30. The van der Waals surface area contributed by atoms with Gasteiger partial charge in [-0.2, -0.15) is 23.5 Å². The number of phenolic OH excluding ortho intramolecular Hbond substituents is 1. The number of carbonyl (C=O) groups is 1. The first-order valence-corrected chi connectivity index (χ1v) is 10.2. The summed E-state index contributed by atoms with van der Waals surface area (Å²) in [7, 11) is 0. The predicted octanol–water partition coefficient (Wildman–Crippen LogP) is 5.19. The summed E-state index contributed by atoms with van der Waals surface area (Å²) >= 11 is 0. The third-order valence-electron chi connectivity index (χ3n) is 5.31. The molecule has 3 aromatic carbocycles. The maximum absolute atomic E-state index is 13.4. The largest absolute Gasteiger partial charge is 0.507 e. The van der Waals surface area contributed by atoms with Gasteiger partial charge in [-0.3, -0.25) is 4.79 Å². The number of nitriles is 1. The van der Waals surface area contributed by atoms with Crippen LogP contribution in [0.25, 0.3) is 10.9 Å². The molecule has 0 unspecified atom stereocenters. The number of rotatable bonds is 5. The van der Waals surface area contributed by atoms with Crippen LogP contribution in [0.1, 0.15) is 32.6 Å². The summed E-state index contributed by atoms with van der Waals surface area (Å²) < 4.78 is 55.1. The average Bonchev–Trinajstić information content (AvgIpc) is 3.23. The summed E-state index contributed by atoms with van der Waals surface area (Å²) in [4.78, 5) is 12.3. The summed E-state index contributed by atoms with van der Waals surface area (Å²) in [5.74, 6) is -1.81. The van der Waals surface area contributed by atoms with Crippen molar-refractivity contribution in [3.05, 3.63) is 100 Å². The summed E-state index contributed by atoms with van der Waals surface area (Å²) in [5, 5.41) is 23.1. The van der Waals surface area contributed by atoms with E-state index in [1.54, 1.807) is 41.1 Å². The monoisotopic (exact) mass is 480 g/mol. The second-order valence-electron chi connectivity index (χ2n) is 7.57. The third kappa shape index (κ3) is 4.99. The number of phenols is 1. The molecule has 0 atom stereocenters. The number of hydrazone groups is 1. The molecule has 1 amide bonds. The van der Waals surface area contributed by atoms with Crippen LogP contribution in [0.2, 0.25) is 0 Å². The minimum absolute atomic E-state index is 0.0532. The van der Waals surface area contributed by atoms with Crippen LogP contribution in [0.15, 0.2) is 72.0 Å². The third-order valence-corrected chi connectivity index (χ3v) is 5.31. The topological polar surface area (TPSA) is 90.4 Å². The summed E-state index contributed by atoms with van der Waals surface area (Å²) in [6, 6.07) is 15.0. The highest BCUT2D eigenvalue weighted by molar-refractivity contribution is 6.00. The molecule has 0 bridgehead atoms. The van der Waals surface area contributed by atoms with Crippen LogP contribution >= 0.6 is 0 Å². The highest BCUT2D eigenvalue weighted by Crippen LogP contribution is 2.33. The lowest BCUT2D eigenvalue weighted by Gasteiger charge is -2.14. The maximum Gasteiger partial charge on any atom is 0.416 e. The van der Waals surface area contributed by atoms with E-state index in [-0.39, 0.29) is 29.0 Å². The van der Waals surface area contributed by atoms with Crippen LogP contribution < -0.4 is 5.43 Å². The lowest BCUT2D eigenvalue weighted by Crippen LogP contribution is -2.17. The highest BCUT2D eigenvalue weighted by atomic mass is 19.4. The smallest absolute Gasteiger partial charge is 0.416 e. The molecule has 4 aromatic rings. The SMILES string of the molecule is N#Cc1cc(C(=O)N/N=C/c2cccc3c2ccn3Cc2ccc(F)cc2C(F)(F)F)ccc1O. The molecular weight excluding hydrogens is 464 g/mol. The van der Waals surface area contributed by atoms with Crippen molar-refractivity contribution >= 4 is 23.0 Å². The number of aromatic hydroxyl groups is 1. The van der Waals surface area contributed by atoms with Gasteiger partial charge in [0.05, 0.1) is 17.3 Å². The van der Waals surface area contributed by atoms with E-state index >= 15 is 0 Å². The van der Waals surface area contributed by atoms with Crippen LogP contribution in [0.3, 0.4) is 0 Å². The summed E-state index contributed by atoms with van der Waals surface area (Å²) in [5.41, 5.74) is 2.51. The molecular formula is C25H16F4N4O2. The number of nitrogens with one attached hydrogen (secondary N) is 1. The Hall–Kier alpha value is -4.65. The van der Waals surface area contributed by atoms with Gasteiger partial charge in [0.15, 0.2) is 0 Å². The van der Waals surface area contributed by atoms with Crippen LogP contribution in [0, 0.1) is 17.1 Å². The van der Waals surface area contributed by atoms with Crippen molar-refractivity contribution in [2.45, 2.75) is 12.7 Å². The number of hydrogen-bond acceptors (Lipinski definition) is 4. The fraction of sp³-hybridized carbons (Fsp3) is 0.0800. The molecule has 176 valence electrons. The standard InChI is InChI=1S/C25H16F4N4O2/c26-19-6-4-17(21(11-19)25(27,28)29)14-33-9-8-20-16(2-1-3-22(20)33)13-31-32-24(35)15-5-7-23(34)18(10-15)12-30/h1-11,13,34H,14H2,(H,32,35)/b31-13+. The van der Waals surface area contributed by atoms with Crippen molar-refractivity contribution in [3.8, 4) is 11.8 Å². The Morgan fingerprint density at radius 3 is 2.69 bits per heavy atom. The molecule has 0 aliphatic rings.